The van der Waals surface area contributed by atoms with Crippen LogP contribution in [0, 0.1) is 0 Å². The number of carbonyl (C=O) groups is 2. The van der Waals surface area contributed by atoms with Crippen LogP contribution in [0.3, 0.4) is 0 Å². The van der Waals surface area contributed by atoms with Crippen LogP contribution in [-0.4, -0.2) is 51.1 Å². The molecule has 0 saturated heterocycles. The van der Waals surface area contributed by atoms with Crippen molar-refractivity contribution in [3.63, 3.8) is 0 Å². The smallest absolute Gasteiger partial charge is 0.475 e. The molecule has 3 aromatic carbocycles. The number of carboxylic acid groups (broad SMARTS) is 1. The van der Waals surface area contributed by atoms with Gasteiger partial charge in [-0.3, -0.25) is 4.79 Å². The lowest BCUT2D eigenvalue weighted by atomic mass is 10.1. The number of amides is 1. The third-order valence-electron chi connectivity index (χ3n) is 6.13. The number of imidazole rings is 1. The Balaban J connectivity index is 0.000000470. The first-order valence-corrected chi connectivity index (χ1v) is 12.4. The highest BCUT2D eigenvalue weighted by Gasteiger charge is 2.38. The van der Waals surface area contributed by atoms with E-state index >= 15 is 0 Å². The van der Waals surface area contributed by atoms with E-state index in [0.717, 1.165) is 41.3 Å². The molecule has 208 valence electrons. The number of alkyl halides is 3. The van der Waals surface area contributed by atoms with Crippen LogP contribution in [0.25, 0.3) is 0 Å². The van der Waals surface area contributed by atoms with Crippen molar-refractivity contribution in [2.45, 2.75) is 25.7 Å². The van der Waals surface area contributed by atoms with Crippen LogP contribution >= 0.6 is 0 Å². The predicted molar refractivity (Wildman–Crippen MR) is 142 cm³/mol. The second kappa shape index (κ2) is 12.8. The second-order valence-corrected chi connectivity index (χ2v) is 8.94. The van der Waals surface area contributed by atoms with Gasteiger partial charge in [0.05, 0.1) is 25.0 Å². The summed E-state index contributed by atoms with van der Waals surface area (Å²) in [5.74, 6) is -1.19. The van der Waals surface area contributed by atoms with Crippen LogP contribution in [-0.2, 0) is 29.1 Å². The largest absolute Gasteiger partial charge is 0.490 e. The first-order chi connectivity index (χ1) is 19.2. The quantitative estimate of drug-likeness (QED) is 0.331. The Morgan fingerprint density at radius 3 is 2.33 bits per heavy atom. The Bertz CT molecular complexity index is 1410. The van der Waals surface area contributed by atoms with Gasteiger partial charge in [-0.05, 0) is 29.8 Å². The van der Waals surface area contributed by atoms with Crippen LogP contribution in [0.5, 0.6) is 11.5 Å². The lowest BCUT2D eigenvalue weighted by molar-refractivity contribution is -0.192. The SMILES string of the molecule is O=C(Cc1ccccc1Oc1ccccc1)N1CCN(Cc2cnc[nH]2)c2ccccc2C1.O=C(O)C(F)(F)F. The Hall–Kier alpha value is -4.80. The third-order valence-corrected chi connectivity index (χ3v) is 6.13. The van der Waals surface area contributed by atoms with Gasteiger partial charge in [-0.1, -0.05) is 54.6 Å². The van der Waals surface area contributed by atoms with Crippen molar-refractivity contribution < 1.29 is 32.6 Å². The molecule has 0 bridgehead atoms. The predicted octanol–water partition coefficient (Wildman–Crippen LogP) is 5.43. The summed E-state index contributed by atoms with van der Waals surface area (Å²) in [5, 5.41) is 7.12. The topological polar surface area (TPSA) is 98.8 Å². The van der Waals surface area contributed by atoms with Gasteiger partial charge in [0, 0.05) is 37.1 Å². The molecule has 0 radical (unpaired) electrons. The Labute approximate surface area is 228 Å². The number of rotatable bonds is 6. The highest BCUT2D eigenvalue weighted by molar-refractivity contribution is 5.80. The number of carboxylic acids is 1. The number of nitrogens with one attached hydrogen (secondary N) is 1. The highest BCUT2D eigenvalue weighted by Crippen LogP contribution is 2.29. The van der Waals surface area contributed by atoms with Crippen molar-refractivity contribution in [2.75, 3.05) is 18.0 Å². The van der Waals surface area contributed by atoms with Crippen molar-refractivity contribution in [1.29, 1.82) is 0 Å². The van der Waals surface area contributed by atoms with Crippen molar-refractivity contribution >= 4 is 17.6 Å². The number of H-pyrrole nitrogens is 1. The molecule has 1 amide bonds. The zero-order valence-corrected chi connectivity index (χ0v) is 21.3. The Morgan fingerprint density at radius 2 is 1.62 bits per heavy atom. The number of ether oxygens (including phenoxy) is 1. The summed E-state index contributed by atoms with van der Waals surface area (Å²) < 4.78 is 37.8. The maximum absolute atomic E-state index is 13.4. The number of halogens is 3. The molecule has 0 spiro atoms. The second-order valence-electron chi connectivity index (χ2n) is 8.94. The van der Waals surface area contributed by atoms with E-state index in [0.29, 0.717) is 25.3 Å². The minimum atomic E-state index is -5.08. The molecule has 40 heavy (non-hydrogen) atoms. The van der Waals surface area contributed by atoms with Gasteiger partial charge in [-0.2, -0.15) is 13.2 Å². The number of hydrogen-bond donors (Lipinski definition) is 2. The molecule has 0 aliphatic carbocycles. The summed E-state index contributed by atoms with van der Waals surface area (Å²) in [6, 6.07) is 25.7. The summed E-state index contributed by atoms with van der Waals surface area (Å²) in [6.45, 7) is 2.73. The van der Waals surface area contributed by atoms with Crippen LogP contribution in [0.15, 0.2) is 91.4 Å². The van der Waals surface area contributed by atoms with E-state index in [1.807, 2.05) is 77.8 Å². The van der Waals surface area contributed by atoms with Crippen LogP contribution in [0.2, 0.25) is 0 Å². The average molecular weight is 553 g/mol. The minimum absolute atomic E-state index is 0.0947. The van der Waals surface area contributed by atoms with E-state index in [2.05, 4.69) is 27.0 Å². The number of carbonyl (C=O) groups excluding carboxylic acids is 1. The number of aliphatic carboxylic acids is 1. The monoisotopic (exact) mass is 552 g/mol. The molecule has 0 fully saturated rings. The zero-order valence-electron chi connectivity index (χ0n) is 21.3. The molecule has 11 heteroatoms. The summed E-state index contributed by atoms with van der Waals surface area (Å²) in [4.78, 5) is 33.9. The lowest BCUT2D eigenvalue weighted by Crippen LogP contribution is -2.36. The number of nitrogens with zero attached hydrogens (tertiary/aromatic N) is 3. The molecular weight excluding hydrogens is 525 g/mol. The molecule has 0 unspecified atom stereocenters. The van der Waals surface area contributed by atoms with Crippen LogP contribution in [0.1, 0.15) is 16.8 Å². The number of anilines is 1. The molecular formula is C29H27F3N4O4. The number of fused-ring (bicyclic) bond motifs is 1. The van der Waals surface area contributed by atoms with E-state index in [9.17, 15) is 18.0 Å². The third kappa shape index (κ3) is 7.62. The number of aromatic amines is 1. The average Bonchev–Trinajstić information content (AvgIpc) is 3.38. The molecule has 4 aromatic rings. The van der Waals surface area contributed by atoms with Gasteiger partial charge in [-0.25, -0.2) is 9.78 Å². The van der Waals surface area contributed by atoms with Gasteiger partial charge in [0.15, 0.2) is 0 Å². The van der Waals surface area contributed by atoms with Crippen molar-refractivity contribution in [3.8, 4) is 11.5 Å². The fourth-order valence-electron chi connectivity index (χ4n) is 4.19. The fourth-order valence-corrected chi connectivity index (χ4v) is 4.19. The number of benzene rings is 3. The molecule has 2 heterocycles. The van der Waals surface area contributed by atoms with Crippen molar-refractivity contribution in [1.82, 2.24) is 14.9 Å². The molecule has 8 nitrogen and oxygen atoms in total. The van der Waals surface area contributed by atoms with E-state index in [1.165, 1.54) is 0 Å². The lowest BCUT2D eigenvalue weighted by Gasteiger charge is -2.24. The fraction of sp³-hybridized carbons (Fsp3) is 0.207. The molecule has 0 atom stereocenters. The van der Waals surface area contributed by atoms with Crippen molar-refractivity contribution in [2.24, 2.45) is 0 Å². The van der Waals surface area contributed by atoms with Gasteiger partial charge < -0.3 is 24.6 Å². The van der Waals surface area contributed by atoms with E-state index in [1.54, 1.807) is 6.33 Å². The van der Waals surface area contributed by atoms with E-state index in [4.69, 9.17) is 14.6 Å². The molecule has 1 aliphatic rings. The first-order valence-electron chi connectivity index (χ1n) is 12.4. The molecule has 2 N–H and O–H groups in total. The van der Waals surface area contributed by atoms with Gasteiger partial charge >= 0.3 is 12.1 Å². The van der Waals surface area contributed by atoms with Crippen LogP contribution < -0.4 is 9.64 Å². The summed E-state index contributed by atoms with van der Waals surface area (Å²) >= 11 is 0. The highest BCUT2D eigenvalue weighted by atomic mass is 19.4. The van der Waals surface area contributed by atoms with Gasteiger partial charge in [0.2, 0.25) is 5.91 Å². The van der Waals surface area contributed by atoms with Gasteiger partial charge in [0.1, 0.15) is 11.5 Å². The molecule has 1 aliphatic heterocycles. The molecule has 0 saturated carbocycles. The molecule has 1 aromatic heterocycles. The van der Waals surface area contributed by atoms with Crippen molar-refractivity contribution in [3.05, 3.63) is 108 Å². The van der Waals surface area contributed by atoms with Gasteiger partial charge in [0.25, 0.3) is 0 Å². The summed E-state index contributed by atoms with van der Waals surface area (Å²) in [7, 11) is 0. The maximum Gasteiger partial charge on any atom is 0.490 e. The Kier molecular flexibility index (Phi) is 9.05. The maximum atomic E-state index is 13.4. The standard InChI is InChI=1S/C27H26N4O2.C2HF3O2/c32-27(16-21-8-5-7-13-26(21)33-24-10-2-1-3-11-24)31-15-14-30(19-23-17-28-20-29-23)25-12-6-4-9-22(25)18-31;3-2(4,5)1(6)7/h1-13,17,20H,14-16,18-19H2,(H,28,29);(H,6,7). The molecule has 5 rings (SSSR count). The number of para-hydroxylation sites is 3. The van der Waals surface area contributed by atoms with Gasteiger partial charge in [-0.15, -0.1) is 0 Å². The van der Waals surface area contributed by atoms with Crippen LogP contribution in [0.4, 0.5) is 18.9 Å². The normalized spacial score (nSPS) is 13.0. The number of hydrogen-bond acceptors (Lipinski definition) is 5. The van der Waals surface area contributed by atoms with E-state index < -0.39 is 12.1 Å². The Morgan fingerprint density at radius 1 is 0.950 bits per heavy atom. The summed E-state index contributed by atoms with van der Waals surface area (Å²) in [5.41, 5.74) is 4.25. The van der Waals surface area contributed by atoms with E-state index in [-0.39, 0.29) is 5.91 Å². The minimum Gasteiger partial charge on any atom is -0.475 e. The number of aromatic nitrogens is 2. The zero-order chi connectivity index (χ0) is 28.5. The first kappa shape index (κ1) is 28.2. The summed E-state index contributed by atoms with van der Waals surface area (Å²) in [6.07, 6.45) is -1.24.